The van der Waals surface area contributed by atoms with Crippen molar-refractivity contribution < 1.29 is 4.52 Å². The summed E-state index contributed by atoms with van der Waals surface area (Å²) in [5, 5.41) is 8.20. The summed E-state index contributed by atoms with van der Waals surface area (Å²) in [6, 6.07) is 5.76. The van der Waals surface area contributed by atoms with Gasteiger partial charge >= 0.3 is 0 Å². The smallest absolute Gasteiger partial charge is 0.140 e. The summed E-state index contributed by atoms with van der Waals surface area (Å²) in [6.07, 6.45) is 4.51. The molecule has 0 spiro atoms. The summed E-state index contributed by atoms with van der Waals surface area (Å²) >= 11 is 9.59. The second-order valence-corrected chi connectivity index (χ2v) is 6.04. The first-order chi connectivity index (χ1) is 9.24. The highest BCUT2D eigenvalue weighted by atomic mass is 79.9. The Hall–Kier alpha value is -1.00. The van der Waals surface area contributed by atoms with E-state index in [1.54, 1.807) is 0 Å². The summed E-state index contributed by atoms with van der Waals surface area (Å²) in [6.45, 7) is 0.648. The molecule has 0 unspecified atom stereocenters. The van der Waals surface area contributed by atoms with Gasteiger partial charge in [-0.05, 0) is 37.5 Å². The Balaban J connectivity index is 1.75. The van der Waals surface area contributed by atoms with E-state index in [1.807, 2.05) is 18.2 Å². The van der Waals surface area contributed by atoms with Gasteiger partial charge in [0.15, 0.2) is 0 Å². The third kappa shape index (κ3) is 2.79. The largest absolute Gasteiger partial charge is 0.378 e. The van der Waals surface area contributed by atoms with Gasteiger partial charge in [-0.2, -0.15) is 0 Å². The molecule has 0 saturated carbocycles. The minimum Gasteiger partial charge on any atom is -0.378 e. The monoisotopic (exact) mass is 340 g/mol. The fourth-order valence-electron chi connectivity index (χ4n) is 2.40. The van der Waals surface area contributed by atoms with Crippen LogP contribution in [0.15, 0.2) is 27.2 Å². The van der Waals surface area contributed by atoms with E-state index in [1.165, 1.54) is 18.4 Å². The lowest BCUT2D eigenvalue weighted by Crippen LogP contribution is -2.06. The summed E-state index contributed by atoms with van der Waals surface area (Å²) in [4.78, 5) is 0. The molecule has 1 aromatic heterocycles. The number of rotatable bonds is 3. The SMILES string of the molecule is Clc1ccc(Br)cc1NCc1noc2c1CCCC2. The molecule has 1 heterocycles. The average Bonchev–Trinajstić information content (AvgIpc) is 2.83. The van der Waals surface area contributed by atoms with Crippen LogP contribution in [0, 0.1) is 0 Å². The molecule has 0 atom stereocenters. The number of hydrogen-bond donors (Lipinski definition) is 1. The molecule has 0 amide bonds. The van der Waals surface area contributed by atoms with Gasteiger partial charge in [-0.3, -0.25) is 0 Å². The van der Waals surface area contributed by atoms with Crippen LogP contribution in [0.5, 0.6) is 0 Å². The molecule has 100 valence electrons. The van der Waals surface area contributed by atoms with Gasteiger partial charge in [0, 0.05) is 16.5 Å². The predicted octanol–water partition coefficient (Wildman–Crippen LogP) is 4.58. The van der Waals surface area contributed by atoms with Crippen molar-refractivity contribution in [2.45, 2.75) is 32.2 Å². The first-order valence-electron chi connectivity index (χ1n) is 6.39. The van der Waals surface area contributed by atoms with Crippen LogP contribution in [-0.4, -0.2) is 5.16 Å². The van der Waals surface area contributed by atoms with Crippen molar-refractivity contribution in [3.8, 4) is 0 Å². The summed E-state index contributed by atoms with van der Waals surface area (Å²) in [7, 11) is 0. The topological polar surface area (TPSA) is 38.1 Å². The van der Waals surface area contributed by atoms with Gasteiger partial charge in [0.2, 0.25) is 0 Å². The van der Waals surface area contributed by atoms with E-state index in [4.69, 9.17) is 16.1 Å². The maximum absolute atomic E-state index is 6.15. The van der Waals surface area contributed by atoms with Crippen LogP contribution in [0.3, 0.4) is 0 Å². The van der Waals surface area contributed by atoms with E-state index in [0.29, 0.717) is 11.6 Å². The van der Waals surface area contributed by atoms with E-state index in [9.17, 15) is 0 Å². The molecule has 1 N–H and O–H groups in total. The molecule has 1 aromatic carbocycles. The Morgan fingerprint density at radius 3 is 3.05 bits per heavy atom. The van der Waals surface area contributed by atoms with Crippen LogP contribution in [0.2, 0.25) is 5.02 Å². The number of anilines is 1. The third-order valence-corrected chi connectivity index (χ3v) is 4.23. The molecule has 1 aliphatic carbocycles. The average molecular weight is 342 g/mol. The van der Waals surface area contributed by atoms with Crippen LogP contribution < -0.4 is 5.32 Å². The number of aromatic nitrogens is 1. The lowest BCUT2D eigenvalue weighted by Gasteiger charge is -2.11. The van der Waals surface area contributed by atoms with Gasteiger partial charge in [-0.25, -0.2) is 0 Å². The number of benzene rings is 1. The van der Waals surface area contributed by atoms with E-state index in [2.05, 4.69) is 26.4 Å². The highest BCUT2D eigenvalue weighted by molar-refractivity contribution is 9.10. The zero-order valence-electron chi connectivity index (χ0n) is 10.4. The highest BCUT2D eigenvalue weighted by Crippen LogP contribution is 2.28. The zero-order chi connectivity index (χ0) is 13.2. The van der Waals surface area contributed by atoms with Gasteiger partial charge in [0.25, 0.3) is 0 Å². The number of nitrogens with zero attached hydrogens (tertiary/aromatic N) is 1. The van der Waals surface area contributed by atoms with Crippen molar-refractivity contribution in [2.75, 3.05) is 5.32 Å². The fraction of sp³-hybridized carbons (Fsp3) is 0.357. The van der Waals surface area contributed by atoms with Crippen molar-refractivity contribution >= 4 is 33.2 Å². The van der Waals surface area contributed by atoms with Gasteiger partial charge in [0.05, 0.1) is 17.3 Å². The van der Waals surface area contributed by atoms with E-state index < -0.39 is 0 Å². The summed E-state index contributed by atoms with van der Waals surface area (Å²) in [5.74, 6) is 1.06. The van der Waals surface area contributed by atoms with Crippen LogP contribution in [0.4, 0.5) is 5.69 Å². The Morgan fingerprint density at radius 2 is 2.16 bits per heavy atom. The Morgan fingerprint density at radius 1 is 1.32 bits per heavy atom. The molecule has 2 aromatic rings. The molecule has 5 heteroatoms. The van der Waals surface area contributed by atoms with Gasteiger partial charge < -0.3 is 9.84 Å². The number of nitrogens with one attached hydrogen (secondary N) is 1. The summed E-state index contributed by atoms with van der Waals surface area (Å²) < 4.78 is 6.40. The van der Waals surface area contributed by atoms with Crippen molar-refractivity contribution in [3.05, 3.63) is 44.7 Å². The lowest BCUT2D eigenvalue weighted by molar-refractivity contribution is 0.368. The maximum Gasteiger partial charge on any atom is 0.140 e. The van der Waals surface area contributed by atoms with Crippen molar-refractivity contribution in [1.29, 1.82) is 0 Å². The van der Waals surface area contributed by atoms with Crippen LogP contribution in [0.25, 0.3) is 0 Å². The molecule has 0 saturated heterocycles. The molecule has 0 bridgehead atoms. The van der Waals surface area contributed by atoms with Crippen LogP contribution in [-0.2, 0) is 19.4 Å². The van der Waals surface area contributed by atoms with Crippen molar-refractivity contribution in [2.24, 2.45) is 0 Å². The Bertz CT molecular complexity index is 597. The minimum atomic E-state index is 0.648. The first-order valence-corrected chi connectivity index (χ1v) is 7.56. The van der Waals surface area contributed by atoms with Crippen molar-refractivity contribution in [3.63, 3.8) is 0 Å². The van der Waals surface area contributed by atoms with Crippen LogP contribution in [0.1, 0.15) is 29.9 Å². The molecule has 1 aliphatic rings. The fourth-order valence-corrected chi connectivity index (χ4v) is 2.95. The molecule has 3 nitrogen and oxygen atoms in total. The Kier molecular flexibility index (Phi) is 3.80. The number of halogens is 2. The standard InChI is InChI=1S/C14H14BrClN2O/c15-9-5-6-11(16)12(7-9)17-8-13-10-3-1-2-4-14(10)19-18-13/h5-7,17H,1-4,8H2. The van der Waals surface area contributed by atoms with Gasteiger partial charge in [-0.15, -0.1) is 0 Å². The molecule has 19 heavy (non-hydrogen) atoms. The van der Waals surface area contributed by atoms with E-state index >= 15 is 0 Å². The van der Waals surface area contributed by atoms with Gasteiger partial charge in [0.1, 0.15) is 11.5 Å². The maximum atomic E-state index is 6.15. The second-order valence-electron chi connectivity index (χ2n) is 4.72. The number of hydrogen-bond acceptors (Lipinski definition) is 3. The Labute approximate surface area is 125 Å². The molecule has 0 fully saturated rings. The normalized spacial score (nSPS) is 14.2. The predicted molar refractivity (Wildman–Crippen MR) is 79.6 cm³/mol. The second kappa shape index (κ2) is 5.55. The van der Waals surface area contributed by atoms with E-state index in [0.717, 1.165) is 34.5 Å². The number of fused-ring (bicyclic) bond motifs is 1. The van der Waals surface area contributed by atoms with Crippen LogP contribution >= 0.6 is 27.5 Å². The molecule has 0 radical (unpaired) electrons. The van der Waals surface area contributed by atoms with Gasteiger partial charge in [-0.1, -0.05) is 32.7 Å². The van der Waals surface area contributed by atoms with Crippen molar-refractivity contribution in [1.82, 2.24) is 5.16 Å². The third-order valence-electron chi connectivity index (χ3n) is 3.41. The minimum absolute atomic E-state index is 0.648. The molecular formula is C14H14BrClN2O. The quantitative estimate of drug-likeness (QED) is 0.888. The lowest BCUT2D eigenvalue weighted by atomic mass is 9.96. The number of aryl methyl sites for hydroxylation is 1. The summed E-state index contributed by atoms with van der Waals surface area (Å²) in [5.41, 5.74) is 3.19. The highest BCUT2D eigenvalue weighted by Gasteiger charge is 2.19. The zero-order valence-corrected chi connectivity index (χ0v) is 12.7. The first kappa shape index (κ1) is 13.0. The molecule has 3 rings (SSSR count). The molecule has 0 aliphatic heterocycles. The van der Waals surface area contributed by atoms with E-state index in [-0.39, 0.29) is 0 Å². The molecular weight excluding hydrogens is 328 g/mol.